The fourth-order valence-electron chi connectivity index (χ4n) is 2.35. The zero-order chi connectivity index (χ0) is 14.3. The van der Waals surface area contributed by atoms with E-state index in [4.69, 9.17) is 0 Å². The van der Waals surface area contributed by atoms with E-state index in [0.717, 1.165) is 4.90 Å². The van der Waals surface area contributed by atoms with E-state index >= 15 is 0 Å². The van der Waals surface area contributed by atoms with Gasteiger partial charge in [0.15, 0.2) is 0 Å². The van der Waals surface area contributed by atoms with Gasteiger partial charge >= 0.3 is 6.18 Å². The van der Waals surface area contributed by atoms with E-state index in [0.29, 0.717) is 22.3 Å². The molecule has 0 saturated heterocycles. The van der Waals surface area contributed by atoms with E-state index in [-0.39, 0.29) is 6.54 Å². The van der Waals surface area contributed by atoms with Crippen LogP contribution in [0.2, 0.25) is 0 Å². The van der Waals surface area contributed by atoms with Crippen molar-refractivity contribution in [1.29, 1.82) is 0 Å². The molecule has 1 aliphatic heterocycles. The molecule has 0 atom stereocenters. The van der Waals surface area contributed by atoms with Crippen LogP contribution in [-0.4, -0.2) is 30.2 Å². The van der Waals surface area contributed by atoms with Gasteiger partial charge in [-0.3, -0.25) is 9.78 Å². The third kappa shape index (κ3) is 2.26. The minimum absolute atomic E-state index is 0.309. The monoisotopic (exact) mass is 281 g/mol. The molecule has 0 fully saturated rings. The van der Waals surface area contributed by atoms with E-state index in [9.17, 15) is 18.0 Å². The van der Waals surface area contributed by atoms with Gasteiger partial charge in [0.2, 0.25) is 5.91 Å². The number of carbonyl (C=O) groups excluding carboxylic acids is 1. The second kappa shape index (κ2) is 4.36. The van der Waals surface area contributed by atoms with Crippen LogP contribution in [0.1, 0.15) is 0 Å². The van der Waals surface area contributed by atoms with Crippen molar-refractivity contribution < 1.29 is 18.0 Å². The average molecular weight is 281 g/mol. The lowest BCUT2D eigenvalue weighted by molar-refractivity contribution is -0.122. The Balaban J connectivity index is 2.17. The summed E-state index contributed by atoms with van der Waals surface area (Å²) >= 11 is 0. The number of nitrogens with zero attached hydrogens (tertiary/aromatic N) is 2. The fraction of sp³-hybridized carbons (Fsp3) is 0.231. The molecule has 20 heavy (non-hydrogen) atoms. The van der Waals surface area contributed by atoms with Gasteiger partial charge in [0.1, 0.15) is 6.54 Å². The molecule has 4 nitrogen and oxygen atoms in total. The lowest BCUT2D eigenvalue weighted by atomic mass is 10.1. The van der Waals surface area contributed by atoms with Crippen LogP contribution >= 0.6 is 0 Å². The first-order valence-electron chi connectivity index (χ1n) is 5.93. The second-order valence-corrected chi connectivity index (χ2v) is 4.56. The second-order valence-electron chi connectivity index (χ2n) is 4.56. The highest BCUT2D eigenvalue weighted by Gasteiger charge is 2.35. The van der Waals surface area contributed by atoms with Crippen LogP contribution in [0, 0.1) is 0 Å². The highest BCUT2D eigenvalue weighted by molar-refractivity contribution is 6.08. The Morgan fingerprint density at radius 3 is 2.80 bits per heavy atom. The smallest absolute Gasteiger partial charge is 0.351 e. The Labute approximate surface area is 112 Å². The number of fused-ring (bicyclic) bond motifs is 3. The Bertz CT molecular complexity index is 684. The van der Waals surface area contributed by atoms with E-state index < -0.39 is 18.6 Å². The molecule has 2 heterocycles. The number of hydrogen-bond donors (Lipinski definition) is 1. The number of nitrogens with one attached hydrogen (secondary N) is 1. The van der Waals surface area contributed by atoms with Crippen molar-refractivity contribution in [2.24, 2.45) is 0 Å². The summed E-state index contributed by atoms with van der Waals surface area (Å²) < 4.78 is 38.0. The topological polar surface area (TPSA) is 45.2 Å². The number of hydrogen-bond acceptors (Lipinski definition) is 3. The zero-order valence-electron chi connectivity index (χ0n) is 10.2. The molecule has 0 saturated carbocycles. The van der Waals surface area contributed by atoms with E-state index in [1.165, 1.54) is 6.20 Å². The number of pyridine rings is 1. The van der Waals surface area contributed by atoms with Gasteiger partial charge in [-0.1, -0.05) is 18.2 Å². The number of para-hydroxylation sites is 1. The lowest BCUT2D eigenvalue weighted by Crippen LogP contribution is -2.43. The molecule has 0 spiro atoms. The van der Waals surface area contributed by atoms with Crippen molar-refractivity contribution in [3.05, 3.63) is 30.5 Å². The van der Waals surface area contributed by atoms with Gasteiger partial charge in [-0.15, -0.1) is 0 Å². The Kier molecular flexibility index (Phi) is 2.77. The number of benzene rings is 1. The van der Waals surface area contributed by atoms with Gasteiger partial charge in [-0.05, 0) is 6.07 Å². The highest BCUT2D eigenvalue weighted by Crippen LogP contribution is 2.37. The number of rotatable bonds is 1. The maximum absolute atomic E-state index is 12.7. The number of halogens is 3. The highest BCUT2D eigenvalue weighted by atomic mass is 19.4. The standard InChI is InChI=1S/C13H10F3N3O/c14-13(15,16)7-19-6-11(20)18-10-5-17-9-4-2-1-3-8(9)12(10)19/h1-5H,6-7H2,(H,18,20). The maximum Gasteiger partial charge on any atom is 0.405 e. The Morgan fingerprint density at radius 1 is 1.30 bits per heavy atom. The van der Waals surface area contributed by atoms with Gasteiger partial charge < -0.3 is 10.2 Å². The van der Waals surface area contributed by atoms with E-state index in [2.05, 4.69) is 10.3 Å². The molecule has 0 unspecified atom stereocenters. The molecular formula is C13H10F3N3O. The summed E-state index contributed by atoms with van der Waals surface area (Å²) in [5, 5.41) is 3.15. The zero-order valence-corrected chi connectivity index (χ0v) is 10.2. The first kappa shape index (κ1) is 12.7. The van der Waals surface area contributed by atoms with Crippen LogP contribution in [0.25, 0.3) is 10.9 Å². The van der Waals surface area contributed by atoms with Crippen molar-refractivity contribution in [2.75, 3.05) is 23.3 Å². The molecule has 1 N–H and O–H groups in total. The average Bonchev–Trinajstić information content (AvgIpc) is 2.35. The van der Waals surface area contributed by atoms with Crippen LogP contribution in [0.4, 0.5) is 24.5 Å². The molecule has 7 heteroatoms. The molecule has 0 aliphatic carbocycles. The molecule has 1 aromatic heterocycles. The quantitative estimate of drug-likeness (QED) is 0.873. The van der Waals surface area contributed by atoms with Crippen LogP contribution in [-0.2, 0) is 4.79 Å². The molecule has 0 radical (unpaired) electrons. The van der Waals surface area contributed by atoms with E-state index in [1.807, 2.05) is 0 Å². The summed E-state index contributed by atoms with van der Waals surface area (Å²) in [5.74, 6) is -0.473. The molecule has 1 aliphatic rings. The van der Waals surface area contributed by atoms with Crippen molar-refractivity contribution in [2.45, 2.75) is 6.18 Å². The van der Waals surface area contributed by atoms with Crippen LogP contribution < -0.4 is 10.2 Å². The molecular weight excluding hydrogens is 271 g/mol. The fourth-order valence-corrected chi connectivity index (χ4v) is 2.35. The Hall–Kier alpha value is -2.31. The number of anilines is 2. The van der Waals surface area contributed by atoms with Crippen LogP contribution in [0.5, 0.6) is 0 Å². The number of carbonyl (C=O) groups is 1. The van der Waals surface area contributed by atoms with E-state index in [1.54, 1.807) is 24.3 Å². The van der Waals surface area contributed by atoms with Gasteiger partial charge in [0, 0.05) is 5.39 Å². The maximum atomic E-state index is 12.7. The molecule has 1 aromatic carbocycles. The van der Waals surface area contributed by atoms with Crippen molar-refractivity contribution >= 4 is 28.2 Å². The minimum Gasteiger partial charge on any atom is -0.351 e. The van der Waals surface area contributed by atoms with Gasteiger partial charge in [-0.2, -0.15) is 13.2 Å². The summed E-state index contributed by atoms with van der Waals surface area (Å²) in [7, 11) is 0. The molecule has 1 amide bonds. The molecule has 0 bridgehead atoms. The minimum atomic E-state index is -4.38. The van der Waals surface area contributed by atoms with Gasteiger partial charge in [0.05, 0.1) is 29.6 Å². The number of aromatic nitrogens is 1. The summed E-state index contributed by atoms with van der Waals surface area (Å²) in [4.78, 5) is 16.7. The summed E-state index contributed by atoms with van der Waals surface area (Å²) in [6.45, 7) is -1.48. The van der Waals surface area contributed by atoms with Gasteiger partial charge in [0.25, 0.3) is 0 Å². The largest absolute Gasteiger partial charge is 0.405 e. The summed E-state index contributed by atoms with van der Waals surface area (Å²) in [5.41, 5.74) is 1.27. The number of alkyl halides is 3. The SMILES string of the molecule is O=C1CN(CC(F)(F)F)c2c(cnc3ccccc23)N1. The third-order valence-electron chi connectivity index (χ3n) is 3.04. The Morgan fingerprint density at radius 2 is 2.05 bits per heavy atom. The number of amides is 1. The third-order valence-corrected chi connectivity index (χ3v) is 3.04. The first-order valence-corrected chi connectivity index (χ1v) is 5.93. The summed E-state index contributed by atoms with van der Waals surface area (Å²) in [6.07, 6.45) is -2.99. The normalized spacial score (nSPS) is 15.2. The first-order chi connectivity index (χ1) is 9.44. The van der Waals surface area contributed by atoms with Crippen molar-refractivity contribution in [3.8, 4) is 0 Å². The summed E-state index contributed by atoms with van der Waals surface area (Å²) in [6, 6.07) is 6.91. The predicted molar refractivity (Wildman–Crippen MR) is 68.6 cm³/mol. The molecule has 2 aromatic rings. The van der Waals surface area contributed by atoms with Gasteiger partial charge in [-0.25, -0.2) is 0 Å². The van der Waals surface area contributed by atoms with Crippen LogP contribution in [0.15, 0.2) is 30.5 Å². The van der Waals surface area contributed by atoms with Crippen LogP contribution in [0.3, 0.4) is 0 Å². The molecule has 3 rings (SSSR count). The van der Waals surface area contributed by atoms with Crippen molar-refractivity contribution in [1.82, 2.24) is 4.98 Å². The molecule has 104 valence electrons. The van der Waals surface area contributed by atoms with Crippen molar-refractivity contribution in [3.63, 3.8) is 0 Å². The predicted octanol–water partition coefficient (Wildman–Crippen LogP) is 2.56. The lowest BCUT2D eigenvalue weighted by Gasteiger charge is -2.32.